The summed E-state index contributed by atoms with van der Waals surface area (Å²) < 4.78 is 0. The summed E-state index contributed by atoms with van der Waals surface area (Å²) in [5.74, 6) is 1.27. The number of benzene rings is 1. The number of aromatic nitrogens is 2. The van der Waals surface area contributed by atoms with Gasteiger partial charge in [-0.3, -0.25) is 0 Å². The Labute approximate surface area is 163 Å². The van der Waals surface area contributed by atoms with Crippen LogP contribution >= 0.6 is 22.9 Å². The molecule has 6 heteroatoms. The number of anilines is 1. The van der Waals surface area contributed by atoms with E-state index < -0.39 is 0 Å². The highest BCUT2D eigenvalue weighted by Crippen LogP contribution is 2.42. The largest absolute Gasteiger partial charge is 0.395 e. The summed E-state index contributed by atoms with van der Waals surface area (Å²) in [5.41, 5.74) is 3.67. The van der Waals surface area contributed by atoms with Crippen molar-refractivity contribution in [1.29, 1.82) is 0 Å². The number of aliphatic hydroxyl groups excluding tert-OH is 1. The predicted octanol–water partition coefficient (Wildman–Crippen LogP) is 5.13. The zero-order valence-corrected chi connectivity index (χ0v) is 17.2. The molecule has 0 aliphatic rings. The Bertz CT molecular complexity index is 906. The van der Waals surface area contributed by atoms with Crippen molar-refractivity contribution in [2.75, 3.05) is 25.1 Å². The molecule has 0 aliphatic carbocycles. The van der Waals surface area contributed by atoms with Crippen LogP contribution in [0.3, 0.4) is 0 Å². The number of hydrogen-bond donors (Lipinski definition) is 1. The third-order valence-electron chi connectivity index (χ3n) is 4.56. The van der Waals surface area contributed by atoms with E-state index in [2.05, 4.69) is 55.0 Å². The average Bonchev–Trinajstić information content (AvgIpc) is 2.99. The van der Waals surface area contributed by atoms with Crippen LogP contribution in [0, 0.1) is 0 Å². The van der Waals surface area contributed by atoms with Crippen LogP contribution in [0.5, 0.6) is 0 Å². The lowest BCUT2D eigenvalue weighted by molar-refractivity contribution is 0.304. The van der Waals surface area contributed by atoms with Crippen molar-refractivity contribution in [3.8, 4) is 11.1 Å². The summed E-state index contributed by atoms with van der Waals surface area (Å²) in [7, 11) is 1.92. The summed E-state index contributed by atoms with van der Waals surface area (Å²) in [6.45, 7) is 7.10. The van der Waals surface area contributed by atoms with Crippen LogP contribution in [0.2, 0.25) is 5.28 Å². The highest BCUT2D eigenvalue weighted by atomic mass is 35.5. The first kappa shape index (κ1) is 19.1. The second kappa shape index (κ2) is 7.91. The minimum Gasteiger partial charge on any atom is -0.395 e. The number of fused-ring (bicyclic) bond motifs is 1. The van der Waals surface area contributed by atoms with E-state index in [0.717, 1.165) is 22.5 Å². The molecule has 2 heterocycles. The molecule has 0 unspecified atom stereocenters. The van der Waals surface area contributed by atoms with Crippen LogP contribution in [0.1, 0.15) is 37.1 Å². The molecule has 0 fully saturated rings. The molecule has 4 nitrogen and oxygen atoms in total. The maximum Gasteiger partial charge on any atom is 0.225 e. The van der Waals surface area contributed by atoms with Crippen LogP contribution in [0.4, 0.5) is 5.82 Å². The second-order valence-corrected chi connectivity index (χ2v) is 8.09. The molecule has 2 aromatic heterocycles. The molecular formula is C20H24ClN3OS. The van der Waals surface area contributed by atoms with Crippen LogP contribution in [-0.4, -0.2) is 35.3 Å². The van der Waals surface area contributed by atoms with E-state index in [-0.39, 0.29) is 11.9 Å². The highest BCUT2D eigenvalue weighted by molar-refractivity contribution is 7.19. The molecule has 3 aromatic rings. The third-order valence-corrected chi connectivity index (χ3v) is 5.96. The van der Waals surface area contributed by atoms with E-state index in [0.29, 0.717) is 12.5 Å². The molecule has 3 rings (SSSR count). The molecule has 138 valence electrons. The quantitative estimate of drug-likeness (QED) is 0.594. The predicted molar refractivity (Wildman–Crippen MR) is 112 cm³/mol. The maximum absolute atomic E-state index is 9.34. The number of nitrogens with zero attached hydrogens (tertiary/aromatic N) is 3. The van der Waals surface area contributed by atoms with Gasteiger partial charge in [-0.15, -0.1) is 11.3 Å². The maximum atomic E-state index is 9.34. The Hall–Kier alpha value is -1.69. The number of thiophene rings is 1. The van der Waals surface area contributed by atoms with Gasteiger partial charge < -0.3 is 10.0 Å². The minimum atomic E-state index is 0.0583. The number of aryl methyl sites for hydroxylation is 1. The van der Waals surface area contributed by atoms with Crippen LogP contribution in [0.25, 0.3) is 21.3 Å². The van der Waals surface area contributed by atoms with Crippen molar-refractivity contribution in [2.45, 2.75) is 33.1 Å². The van der Waals surface area contributed by atoms with E-state index >= 15 is 0 Å². The molecule has 0 aliphatic heterocycles. The number of halogens is 1. The fraction of sp³-hybridized carbons (Fsp3) is 0.400. The molecule has 0 spiro atoms. The monoisotopic (exact) mass is 389 g/mol. The van der Waals surface area contributed by atoms with Crippen molar-refractivity contribution in [3.63, 3.8) is 0 Å². The molecule has 1 aromatic carbocycles. The summed E-state index contributed by atoms with van der Waals surface area (Å²) >= 11 is 7.84. The van der Waals surface area contributed by atoms with Gasteiger partial charge in [0.05, 0.1) is 12.0 Å². The molecule has 0 amide bonds. The third kappa shape index (κ3) is 3.56. The van der Waals surface area contributed by atoms with Gasteiger partial charge in [0, 0.05) is 24.0 Å². The van der Waals surface area contributed by atoms with Gasteiger partial charge in [0.2, 0.25) is 5.28 Å². The van der Waals surface area contributed by atoms with Crippen molar-refractivity contribution < 1.29 is 5.11 Å². The van der Waals surface area contributed by atoms with Crippen LogP contribution in [0.15, 0.2) is 24.3 Å². The van der Waals surface area contributed by atoms with Gasteiger partial charge in [-0.2, -0.15) is 4.98 Å². The van der Waals surface area contributed by atoms with Crippen LogP contribution < -0.4 is 4.90 Å². The summed E-state index contributed by atoms with van der Waals surface area (Å²) in [4.78, 5) is 13.0. The van der Waals surface area contributed by atoms with Crippen LogP contribution in [-0.2, 0) is 6.42 Å². The van der Waals surface area contributed by atoms with E-state index in [9.17, 15) is 5.11 Å². The lowest BCUT2D eigenvalue weighted by atomic mass is 9.97. The molecule has 1 N–H and O–H groups in total. The Balaban J connectivity index is 2.25. The lowest BCUT2D eigenvalue weighted by Crippen LogP contribution is -2.22. The highest BCUT2D eigenvalue weighted by Gasteiger charge is 2.21. The fourth-order valence-electron chi connectivity index (χ4n) is 3.12. The standard InChI is InChI=1S/C20H24ClN3OS/c1-5-15-16(14-8-6-13(7-9-14)12(2)3)17-18(24(4)10-11-25)22-20(21)23-19(17)26-15/h6-9,12,25H,5,10-11H2,1-4H3. The van der Waals surface area contributed by atoms with Gasteiger partial charge in [-0.05, 0) is 35.1 Å². The zero-order valence-electron chi connectivity index (χ0n) is 15.6. The van der Waals surface area contributed by atoms with Gasteiger partial charge in [-0.25, -0.2) is 4.98 Å². The second-order valence-electron chi connectivity index (χ2n) is 6.67. The van der Waals surface area contributed by atoms with Crippen molar-refractivity contribution in [3.05, 3.63) is 40.0 Å². The normalized spacial score (nSPS) is 11.5. The SMILES string of the molecule is CCc1sc2nc(Cl)nc(N(C)CCO)c2c1-c1ccc(C(C)C)cc1. The topological polar surface area (TPSA) is 49.2 Å². The molecular weight excluding hydrogens is 366 g/mol. The van der Waals surface area contributed by atoms with Gasteiger partial charge in [0.25, 0.3) is 0 Å². The first-order valence-electron chi connectivity index (χ1n) is 8.87. The Kier molecular flexibility index (Phi) is 5.80. The van der Waals surface area contributed by atoms with Gasteiger partial charge in [-0.1, -0.05) is 45.0 Å². The smallest absolute Gasteiger partial charge is 0.225 e. The van der Waals surface area contributed by atoms with Crippen molar-refractivity contribution in [2.24, 2.45) is 0 Å². The first-order valence-corrected chi connectivity index (χ1v) is 10.1. The number of rotatable bonds is 6. The Morgan fingerprint density at radius 2 is 1.88 bits per heavy atom. The Morgan fingerprint density at radius 1 is 1.19 bits per heavy atom. The molecule has 0 saturated heterocycles. The van der Waals surface area contributed by atoms with Gasteiger partial charge >= 0.3 is 0 Å². The molecule has 0 radical (unpaired) electrons. The van der Waals surface area contributed by atoms with E-state index in [1.165, 1.54) is 21.6 Å². The average molecular weight is 390 g/mol. The number of likely N-dealkylation sites (N-methyl/N-ethyl adjacent to an activating group) is 1. The molecule has 0 bridgehead atoms. The van der Waals surface area contributed by atoms with Gasteiger partial charge in [0.15, 0.2) is 0 Å². The molecule has 26 heavy (non-hydrogen) atoms. The first-order chi connectivity index (χ1) is 12.5. The number of hydrogen-bond acceptors (Lipinski definition) is 5. The van der Waals surface area contributed by atoms with E-state index in [4.69, 9.17) is 11.6 Å². The molecule has 0 atom stereocenters. The van der Waals surface area contributed by atoms with Gasteiger partial charge in [0.1, 0.15) is 10.6 Å². The summed E-state index contributed by atoms with van der Waals surface area (Å²) in [5, 5.41) is 10.6. The Morgan fingerprint density at radius 3 is 2.46 bits per heavy atom. The summed E-state index contributed by atoms with van der Waals surface area (Å²) in [6, 6.07) is 8.74. The molecule has 0 saturated carbocycles. The minimum absolute atomic E-state index is 0.0583. The fourth-order valence-corrected chi connectivity index (χ4v) is 4.47. The van der Waals surface area contributed by atoms with E-state index in [1.807, 2.05) is 11.9 Å². The summed E-state index contributed by atoms with van der Waals surface area (Å²) in [6.07, 6.45) is 0.920. The number of aliphatic hydroxyl groups is 1. The zero-order chi connectivity index (χ0) is 18.8. The lowest BCUT2D eigenvalue weighted by Gasteiger charge is -2.19. The van der Waals surface area contributed by atoms with Crippen molar-refractivity contribution in [1.82, 2.24) is 9.97 Å². The van der Waals surface area contributed by atoms with Crippen molar-refractivity contribution >= 4 is 39.0 Å². The van der Waals surface area contributed by atoms with E-state index in [1.54, 1.807) is 11.3 Å².